The number of benzene rings is 1. The fourth-order valence-electron chi connectivity index (χ4n) is 1.75. The van der Waals surface area contributed by atoms with Gasteiger partial charge in [-0.1, -0.05) is 18.2 Å². The molecule has 0 spiro atoms. The van der Waals surface area contributed by atoms with Crippen molar-refractivity contribution < 1.29 is 4.39 Å². The highest BCUT2D eigenvalue weighted by Gasteiger charge is 2.20. The second-order valence-electron chi connectivity index (χ2n) is 3.79. The van der Waals surface area contributed by atoms with Gasteiger partial charge in [0.2, 0.25) is 0 Å². The van der Waals surface area contributed by atoms with Gasteiger partial charge in [0.05, 0.1) is 6.04 Å². The molecule has 78 valence electrons. The molecule has 0 aliphatic heterocycles. The van der Waals surface area contributed by atoms with E-state index in [1.807, 2.05) is 32.0 Å². The summed E-state index contributed by atoms with van der Waals surface area (Å²) in [5.74, 6) is -0.191. The van der Waals surface area contributed by atoms with Crippen molar-refractivity contribution in [3.63, 3.8) is 0 Å². The van der Waals surface area contributed by atoms with Crippen molar-refractivity contribution in [2.75, 3.05) is 14.1 Å². The quantitative estimate of drug-likeness (QED) is 0.798. The van der Waals surface area contributed by atoms with Gasteiger partial charge in [0.1, 0.15) is 5.82 Å². The van der Waals surface area contributed by atoms with Gasteiger partial charge >= 0.3 is 0 Å². The van der Waals surface area contributed by atoms with E-state index in [0.717, 1.165) is 0 Å². The minimum atomic E-state index is -0.191. The monoisotopic (exact) mass is 196 g/mol. The maximum atomic E-state index is 13.5. The largest absolute Gasteiger partial charge is 0.326 e. The number of nitrogens with two attached hydrogens (primary N) is 1. The van der Waals surface area contributed by atoms with Crippen LogP contribution in [-0.4, -0.2) is 25.0 Å². The molecule has 0 fully saturated rings. The first-order chi connectivity index (χ1) is 6.54. The lowest BCUT2D eigenvalue weighted by atomic mass is 9.99. The van der Waals surface area contributed by atoms with Crippen LogP contribution in [0.3, 0.4) is 0 Å². The van der Waals surface area contributed by atoms with Crippen molar-refractivity contribution in [1.29, 1.82) is 0 Å². The van der Waals surface area contributed by atoms with Crippen LogP contribution >= 0.6 is 0 Å². The average Bonchev–Trinajstić information content (AvgIpc) is 2.07. The fourth-order valence-corrected chi connectivity index (χ4v) is 1.75. The number of halogens is 1. The molecule has 3 heteroatoms. The third-order valence-electron chi connectivity index (χ3n) is 2.28. The lowest BCUT2D eigenvalue weighted by Gasteiger charge is -2.28. The summed E-state index contributed by atoms with van der Waals surface area (Å²) in [6, 6.07) is 6.60. The van der Waals surface area contributed by atoms with E-state index in [4.69, 9.17) is 5.73 Å². The maximum Gasteiger partial charge on any atom is 0.128 e. The smallest absolute Gasteiger partial charge is 0.128 e. The Labute approximate surface area is 84.5 Å². The number of hydrogen-bond acceptors (Lipinski definition) is 2. The molecule has 0 aromatic heterocycles. The molecule has 0 bridgehead atoms. The maximum absolute atomic E-state index is 13.5. The Kier molecular flexibility index (Phi) is 3.61. The van der Waals surface area contributed by atoms with Crippen LogP contribution in [-0.2, 0) is 0 Å². The number of nitrogens with zero attached hydrogens (tertiary/aromatic N) is 1. The van der Waals surface area contributed by atoms with Gasteiger partial charge in [-0.05, 0) is 27.1 Å². The van der Waals surface area contributed by atoms with E-state index in [1.54, 1.807) is 12.1 Å². The Morgan fingerprint density at radius 1 is 1.29 bits per heavy atom. The molecule has 1 aromatic rings. The van der Waals surface area contributed by atoms with E-state index in [9.17, 15) is 4.39 Å². The van der Waals surface area contributed by atoms with Gasteiger partial charge in [-0.3, -0.25) is 0 Å². The molecule has 2 N–H and O–H groups in total. The van der Waals surface area contributed by atoms with E-state index >= 15 is 0 Å². The summed E-state index contributed by atoms with van der Waals surface area (Å²) in [7, 11) is 3.81. The molecule has 14 heavy (non-hydrogen) atoms. The minimum Gasteiger partial charge on any atom is -0.326 e. The van der Waals surface area contributed by atoms with E-state index in [-0.39, 0.29) is 17.9 Å². The van der Waals surface area contributed by atoms with E-state index in [2.05, 4.69) is 0 Å². The van der Waals surface area contributed by atoms with Gasteiger partial charge in [0, 0.05) is 11.6 Å². The van der Waals surface area contributed by atoms with E-state index in [1.165, 1.54) is 6.07 Å². The summed E-state index contributed by atoms with van der Waals surface area (Å²) in [4.78, 5) is 1.93. The Morgan fingerprint density at radius 2 is 1.86 bits per heavy atom. The van der Waals surface area contributed by atoms with Gasteiger partial charge in [-0.15, -0.1) is 0 Å². The van der Waals surface area contributed by atoms with E-state index < -0.39 is 0 Å². The molecule has 0 aliphatic carbocycles. The standard InChI is InChI=1S/C11H17FN2/c1-8(13)11(14(2)3)9-6-4-5-7-10(9)12/h4-8,11H,13H2,1-3H3. The summed E-state index contributed by atoms with van der Waals surface area (Å²) in [6.07, 6.45) is 0. The molecule has 1 rings (SSSR count). The lowest BCUT2D eigenvalue weighted by molar-refractivity contribution is 0.259. The highest BCUT2D eigenvalue weighted by Crippen LogP contribution is 2.23. The molecule has 0 amide bonds. The van der Waals surface area contributed by atoms with Crippen LogP contribution in [0.2, 0.25) is 0 Å². The molecule has 0 radical (unpaired) electrons. The van der Waals surface area contributed by atoms with Crippen LogP contribution in [0, 0.1) is 5.82 Å². The molecule has 2 unspecified atom stereocenters. The van der Waals surface area contributed by atoms with Crippen LogP contribution < -0.4 is 5.73 Å². The van der Waals surface area contributed by atoms with Crippen molar-refractivity contribution in [3.8, 4) is 0 Å². The third kappa shape index (κ3) is 2.30. The van der Waals surface area contributed by atoms with Gasteiger partial charge in [-0.2, -0.15) is 0 Å². The number of hydrogen-bond donors (Lipinski definition) is 1. The zero-order valence-corrected chi connectivity index (χ0v) is 8.87. The molecular weight excluding hydrogens is 179 g/mol. The zero-order chi connectivity index (χ0) is 10.7. The molecule has 0 heterocycles. The van der Waals surface area contributed by atoms with Crippen LogP contribution in [0.4, 0.5) is 4.39 Å². The van der Waals surface area contributed by atoms with Crippen molar-refractivity contribution in [3.05, 3.63) is 35.6 Å². The second kappa shape index (κ2) is 4.53. The van der Waals surface area contributed by atoms with Gasteiger partial charge < -0.3 is 10.6 Å². The van der Waals surface area contributed by atoms with Crippen LogP contribution in [0.5, 0.6) is 0 Å². The second-order valence-corrected chi connectivity index (χ2v) is 3.79. The number of likely N-dealkylation sites (N-methyl/N-ethyl adjacent to an activating group) is 1. The molecule has 2 nitrogen and oxygen atoms in total. The highest BCUT2D eigenvalue weighted by molar-refractivity contribution is 5.22. The van der Waals surface area contributed by atoms with E-state index in [0.29, 0.717) is 5.56 Å². The summed E-state index contributed by atoms with van der Waals surface area (Å²) in [5, 5.41) is 0. The molecule has 0 saturated carbocycles. The van der Waals surface area contributed by atoms with Crippen molar-refractivity contribution in [1.82, 2.24) is 4.90 Å². The molecule has 1 aromatic carbocycles. The van der Waals surface area contributed by atoms with Crippen LogP contribution in [0.1, 0.15) is 18.5 Å². The molecule has 0 aliphatic rings. The van der Waals surface area contributed by atoms with Crippen molar-refractivity contribution in [2.24, 2.45) is 5.73 Å². The average molecular weight is 196 g/mol. The number of rotatable bonds is 3. The third-order valence-corrected chi connectivity index (χ3v) is 2.28. The lowest BCUT2D eigenvalue weighted by Crippen LogP contribution is -2.35. The summed E-state index contributed by atoms with van der Waals surface area (Å²) >= 11 is 0. The highest BCUT2D eigenvalue weighted by atomic mass is 19.1. The van der Waals surface area contributed by atoms with Crippen molar-refractivity contribution in [2.45, 2.75) is 19.0 Å². The summed E-state index contributed by atoms with van der Waals surface area (Å²) in [5.41, 5.74) is 6.49. The molecule has 2 atom stereocenters. The first kappa shape index (κ1) is 11.1. The van der Waals surface area contributed by atoms with Gasteiger partial charge in [0.25, 0.3) is 0 Å². The minimum absolute atomic E-state index is 0.0730. The van der Waals surface area contributed by atoms with Crippen LogP contribution in [0.25, 0.3) is 0 Å². The Hall–Kier alpha value is -0.930. The SMILES string of the molecule is CC(N)C(c1ccccc1F)N(C)C. The van der Waals surface area contributed by atoms with Gasteiger partial charge in [-0.25, -0.2) is 4.39 Å². The normalized spacial score (nSPS) is 15.6. The van der Waals surface area contributed by atoms with Crippen LogP contribution in [0.15, 0.2) is 24.3 Å². The predicted octanol–water partition coefficient (Wildman–Crippen LogP) is 1.78. The first-order valence-corrected chi connectivity index (χ1v) is 4.70. The van der Waals surface area contributed by atoms with Crippen molar-refractivity contribution >= 4 is 0 Å². The Balaban J connectivity index is 3.05. The molecular formula is C11H17FN2. The fraction of sp³-hybridized carbons (Fsp3) is 0.455. The topological polar surface area (TPSA) is 29.3 Å². The van der Waals surface area contributed by atoms with Gasteiger partial charge in [0.15, 0.2) is 0 Å². The zero-order valence-electron chi connectivity index (χ0n) is 8.87. The Morgan fingerprint density at radius 3 is 2.29 bits per heavy atom. The Bertz CT molecular complexity index is 289. The summed E-state index contributed by atoms with van der Waals surface area (Å²) < 4.78 is 13.5. The summed E-state index contributed by atoms with van der Waals surface area (Å²) in [6.45, 7) is 1.89. The molecule has 0 saturated heterocycles. The predicted molar refractivity (Wildman–Crippen MR) is 56.5 cm³/mol. The first-order valence-electron chi connectivity index (χ1n) is 4.70.